The second-order valence-corrected chi connectivity index (χ2v) is 10.5. The molecule has 2 aromatic carbocycles. The van der Waals surface area contributed by atoms with Gasteiger partial charge in [0.2, 0.25) is 5.78 Å². The second-order valence-electron chi connectivity index (χ2n) is 10.5. The molecule has 0 unspecified atom stereocenters. The third-order valence-corrected chi connectivity index (χ3v) is 8.02. The van der Waals surface area contributed by atoms with Crippen molar-refractivity contribution in [2.75, 3.05) is 33.1 Å². The lowest BCUT2D eigenvalue weighted by Crippen LogP contribution is -2.65. The number of nitrogens with zero attached hydrogens (tertiary/aromatic N) is 2. The lowest BCUT2D eigenvalue weighted by Gasteiger charge is -2.50. The number of primary amides is 1. The van der Waals surface area contributed by atoms with Crippen molar-refractivity contribution >= 4 is 39.7 Å². The lowest BCUT2D eigenvalue weighted by molar-refractivity contribution is -0.153. The number of carbonyl (C=O) groups is 3. The maximum absolute atomic E-state index is 13.9. The van der Waals surface area contributed by atoms with Crippen LogP contribution in [0.5, 0.6) is 5.75 Å². The van der Waals surface area contributed by atoms with Gasteiger partial charge in [-0.05, 0) is 62.0 Å². The number of phenols is 1. The third-order valence-electron chi connectivity index (χ3n) is 8.02. The largest absolute Gasteiger partial charge is 0.508 e. The van der Waals surface area contributed by atoms with E-state index in [-0.39, 0.29) is 29.7 Å². The van der Waals surface area contributed by atoms with Crippen molar-refractivity contribution in [2.24, 2.45) is 17.6 Å². The molecule has 6 N–H and O–H groups in total. The van der Waals surface area contributed by atoms with Crippen molar-refractivity contribution in [3.63, 3.8) is 0 Å². The van der Waals surface area contributed by atoms with E-state index in [0.717, 1.165) is 11.1 Å². The molecule has 10 nitrogen and oxygen atoms in total. The highest BCUT2D eigenvalue weighted by Gasteiger charge is 2.64. The number of ketones is 2. The van der Waals surface area contributed by atoms with Crippen LogP contribution < -0.4 is 10.6 Å². The molecule has 0 bridgehead atoms. The number of amides is 1. The van der Waals surface area contributed by atoms with Crippen molar-refractivity contribution in [1.82, 2.24) is 4.90 Å². The van der Waals surface area contributed by atoms with Gasteiger partial charge in [0.1, 0.15) is 22.8 Å². The first-order valence-electron chi connectivity index (χ1n) is 11.9. The van der Waals surface area contributed by atoms with Crippen molar-refractivity contribution in [1.29, 1.82) is 0 Å². The van der Waals surface area contributed by atoms with Crippen LogP contribution in [-0.2, 0) is 20.8 Å². The monoisotopic (exact) mass is 507 g/mol. The molecule has 1 amide bonds. The standard InChI is InChI=1S/C27H29N3O7/c1-29(2)14-5-6-15-11(9-14)7-12-8-13-10-16-20(30(3)4)23(33)19(26(28)36)25(35)27(16,37)24(34)18(13)22(32)17(12)21(15)31/h5-7,9,13,16,20,31-32,35,37H,8,10H2,1-4H3,(H2,28,36)/t13-,16-,20-,27-/m0/s1. The Hall–Kier alpha value is -3.89. The van der Waals surface area contributed by atoms with Gasteiger partial charge >= 0.3 is 0 Å². The Morgan fingerprint density at radius 1 is 1.08 bits per heavy atom. The normalized spacial score (nSPS) is 27.4. The highest BCUT2D eigenvalue weighted by molar-refractivity contribution is 6.24. The van der Waals surface area contributed by atoms with Crippen LogP contribution in [0.25, 0.3) is 16.5 Å². The number of benzene rings is 2. The van der Waals surface area contributed by atoms with E-state index in [4.69, 9.17) is 5.73 Å². The Kier molecular flexibility index (Phi) is 5.40. The highest BCUT2D eigenvalue weighted by Crippen LogP contribution is 2.53. The summed E-state index contributed by atoms with van der Waals surface area (Å²) in [5.74, 6) is -6.54. The van der Waals surface area contributed by atoms with Gasteiger partial charge in [-0.3, -0.25) is 19.3 Å². The third kappa shape index (κ3) is 3.22. The van der Waals surface area contributed by atoms with Crippen LogP contribution in [0.3, 0.4) is 0 Å². The molecule has 0 heterocycles. The smallest absolute Gasteiger partial charge is 0.255 e. The van der Waals surface area contributed by atoms with E-state index in [1.54, 1.807) is 20.2 Å². The summed E-state index contributed by atoms with van der Waals surface area (Å²) in [4.78, 5) is 42.5. The van der Waals surface area contributed by atoms with Gasteiger partial charge in [0.05, 0.1) is 11.6 Å². The first kappa shape index (κ1) is 24.8. The Morgan fingerprint density at radius 2 is 1.76 bits per heavy atom. The van der Waals surface area contributed by atoms with E-state index in [1.165, 1.54) is 4.90 Å². The quantitative estimate of drug-likeness (QED) is 0.384. The predicted molar refractivity (Wildman–Crippen MR) is 136 cm³/mol. The molecule has 4 atom stereocenters. The maximum Gasteiger partial charge on any atom is 0.255 e. The van der Waals surface area contributed by atoms with Gasteiger partial charge in [-0.25, -0.2) is 0 Å². The van der Waals surface area contributed by atoms with Crippen LogP contribution in [0.15, 0.2) is 41.2 Å². The van der Waals surface area contributed by atoms with Crippen molar-refractivity contribution in [3.05, 3.63) is 52.3 Å². The molecule has 10 heteroatoms. The number of fused-ring (bicyclic) bond motifs is 4. The van der Waals surface area contributed by atoms with E-state index < -0.39 is 58.0 Å². The number of phenolic OH excluding ortho intramolecular Hbond substituents is 1. The lowest BCUT2D eigenvalue weighted by atomic mass is 9.57. The van der Waals surface area contributed by atoms with Gasteiger partial charge in [-0.2, -0.15) is 0 Å². The fourth-order valence-electron chi connectivity index (χ4n) is 6.29. The fraction of sp³-hybridized carbons (Fsp3) is 0.370. The summed E-state index contributed by atoms with van der Waals surface area (Å²) in [5.41, 5.74) is 3.34. The molecule has 0 saturated heterocycles. The average Bonchev–Trinajstić information content (AvgIpc) is 2.80. The first-order chi connectivity index (χ1) is 17.3. The van der Waals surface area contributed by atoms with Crippen LogP contribution >= 0.6 is 0 Å². The van der Waals surface area contributed by atoms with Gasteiger partial charge in [0.25, 0.3) is 5.91 Å². The van der Waals surface area contributed by atoms with Crippen LogP contribution in [0.4, 0.5) is 5.69 Å². The van der Waals surface area contributed by atoms with Gasteiger partial charge in [0.15, 0.2) is 11.4 Å². The SMILES string of the molecule is CN(C)c1ccc2c(O)c3c(cc2c1)C[C@H]1C[C@H]2[C@H](N(C)C)C(=O)C(C(N)=O)=C(O)[C@@]2(O)C(=O)C1=C3O. The van der Waals surface area contributed by atoms with Crippen molar-refractivity contribution < 1.29 is 34.8 Å². The number of carbonyl (C=O) groups excluding carboxylic acids is 3. The molecule has 3 aliphatic carbocycles. The zero-order valence-corrected chi connectivity index (χ0v) is 20.9. The molecule has 3 aliphatic rings. The number of hydrogen-bond acceptors (Lipinski definition) is 9. The van der Waals surface area contributed by atoms with Crippen LogP contribution in [0, 0.1) is 11.8 Å². The highest BCUT2D eigenvalue weighted by atomic mass is 16.3. The predicted octanol–water partition coefficient (Wildman–Crippen LogP) is 1.18. The molecule has 0 aliphatic heterocycles. The molecule has 2 aromatic rings. The van der Waals surface area contributed by atoms with Crippen LogP contribution in [0.1, 0.15) is 17.5 Å². The minimum atomic E-state index is -2.64. The van der Waals surface area contributed by atoms with Gasteiger partial charge in [0, 0.05) is 36.7 Å². The molecule has 0 radical (unpaired) electrons. The number of rotatable bonds is 3. The maximum atomic E-state index is 13.9. The Bertz CT molecular complexity index is 1470. The topological polar surface area (TPSA) is 165 Å². The van der Waals surface area contributed by atoms with Gasteiger partial charge in [-0.15, -0.1) is 0 Å². The molecule has 0 spiro atoms. The summed E-state index contributed by atoms with van der Waals surface area (Å²) < 4.78 is 0. The molecule has 0 aromatic heterocycles. The Morgan fingerprint density at radius 3 is 2.35 bits per heavy atom. The summed E-state index contributed by atoms with van der Waals surface area (Å²) >= 11 is 0. The molecular formula is C27H29N3O7. The summed E-state index contributed by atoms with van der Waals surface area (Å²) in [6, 6.07) is 6.20. The zero-order chi connectivity index (χ0) is 27.1. The summed E-state index contributed by atoms with van der Waals surface area (Å²) in [5, 5.41) is 46.2. The van der Waals surface area contributed by atoms with Crippen LogP contribution in [0.2, 0.25) is 0 Å². The van der Waals surface area contributed by atoms with Gasteiger partial charge < -0.3 is 31.1 Å². The van der Waals surface area contributed by atoms with E-state index in [9.17, 15) is 34.8 Å². The second kappa shape index (κ2) is 8.06. The number of anilines is 1. The number of nitrogens with two attached hydrogens (primary N) is 1. The first-order valence-corrected chi connectivity index (χ1v) is 11.9. The van der Waals surface area contributed by atoms with Gasteiger partial charge in [-0.1, -0.05) is 6.07 Å². The summed E-state index contributed by atoms with van der Waals surface area (Å²) in [6.07, 6.45) is 0.312. The molecule has 1 saturated carbocycles. The van der Waals surface area contributed by atoms with Crippen molar-refractivity contribution in [2.45, 2.75) is 24.5 Å². The average molecular weight is 508 g/mol. The zero-order valence-electron chi connectivity index (χ0n) is 20.9. The number of aliphatic hydroxyl groups is 3. The summed E-state index contributed by atoms with van der Waals surface area (Å²) in [6.45, 7) is 0. The Balaban J connectivity index is 1.74. The summed E-state index contributed by atoms with van der Waals surface area (Å²) in [7, 11) is 6.93. The Labute approximate surface area is 212 Å². The number of aliphatic hydroxyl groups excluding tert-OH is 2. The molecule has 5 rings (SSSR count). The number of Topliss-reactive ketones (excluding diaryl/α,β-unsaturated/α-hetero) is 2. The number of hydrogen-bond donors (Lipinski definition) is 5. The number of likely N-dealkylation sites (N-methyl/N-ethyl adjacent to an activating group) is 1. The minimum absolute atomic E-state index is 0.0578. The molecule has 194 valence electrons. The van der Waals surface area contributed by atoms with E-state index in [1.807, 2.05) is 37.2 Å². The molecular weight excluding hydrogens is 478 g/mol. The van der Waals surface area contributed by atoms with Crippen molar-refractivity contribution in [3.8, 4) is 5.75 Å². The molecule has 37 heavy (non-hydrogen) atoms. The fourth-order valence-corrected chi connectivity index (χ4v) is 6.29. The minimum Gasteiger partial charge on any atom is -0.508 e. The van der Waals surface area contributed by atoms with E-state index in [0.29, 0.717) is 10.9 Å². The van der Waals surface area contributed by atoms with E-state index in [2.05, 4.69) is 0 Å². The van der Waals surface area contributed by atoms with Crippen LogP contribution in [-0.4, -0.2) is 82.6 Å². The molecule has 1 fully saturated rings. The number of aromatic hydroxyl groups is 1. The van der Waals surface area contributed by atoms with E-state index >= 15 is 0 Å².